The maximum absolute atomic E-state index is 11.8. The molecule has 6 heteroatoms. The number of nitrogens with one attached hydrogen (secondary N) is 2. The zero-order valence-electron chi connectivity index (χ0n) is 12.0. The largest absolute Gasteiger partial charge is 0.481 e. The van der Waals surface area contributed by atoms with Gasteiger partial charge in [-0.3, -0.25) is 4.79 Å². The lowest BCUT2D eigenvalue weighted by Gasteiger charge is -2.33. The van der Waals surface area contributed by atoms with E-state index in [1.54, 1.807) is 0 Å². The van der Waals surface area contributed by atoms with Gasteiger partial charge in [-0.1, -0.05) is 12.8 Å². The molecule has 2 amide bonds. The van der Waals surface area contributed by atoms with Crippen molar-refractivity contribution in [3.63, 3.8) is 0 Å². The van der Waals surface area contributed by atoms with E-state index in [1.165, 1.54) is 12.8 Å². The summed E-state index contributed by atoms with van der Waals surface area (Å²) in [4.78, 5) is 23.3. The monoisotopic (exact) mass is 284 g/mol. The second kappa shape index (κ2) is 6.43. The van der Waals surface area contributed by atoms with Crippen LogP contribution in [-0.4, -0.2) is 42.9 Å². The molecule has 20 heavy (non-hydrogen) atoms. The predicted molar refractivity (Wildman–Crippen MR) is 73.5 cm³/mol. The molecule has 1 atom stereocenters. The van der Waals surface area contributed by atoms with E-state index >= 15 is 0 Å². The first-order valence-electron chi connectivity index (χ1n) is 7.37. The topological polar surface area (TPSA) is 87.7 Å². The Kier molecular flexibility index (Phi) is 4.86. The van der Waals surface area contributed by atoms with E-state index in [-0.39, 0.29) is 18.6 Å². The van der Waals surface area contributed by atoms with Gasteiger partial charge in [0.25, 0.3) is 0 Å². The fraction of sp³-hybridized carbons (Fsp3) is 0.857. The number of carbonyl (C=O) groups excluding carboxylic acids is 1. The summed E-state index contributed by atoms with van der Waals surface area (Å²) in [5.74, 6) is -0.0988. The SMILES string of the molecule is CC(CC1CC1)NC(=O)NCC1(C(=O)O)CCOCC1. The number of hydrogen-bond donors (Lipinski definition) is 3. The quantitative estimate of drug-likeness (QED) is 0.687. The lowest BCUT2D eigenvalue weighted by molar-refractivity contribution is -0.154. The minimum absolute atomic E-state index is 0.137. The number of urea groups is 1. The second-order valence-electron chi connectivity index (χ2n) is 6.10. The minimum atomic E-state index is -0.880. The summed E-state index contributed by atoms with van der Waals surface area (Å²) in [6, 6.07) is -0.136. The molecule has 0 radical (unpaired) electrons. The highest BCUT2D eigenvalue weighted by Crippen LogP contribution is 2.33. The Bertz CT molecular complexity index is 362. The Balaban J connectivity index is 1.76. The van der Waals surface area contributed by atoms with Gasteiger partial charge in [0.15, 0.2) is 0 Å². The first kappa shape index (κ1) is 15.1. The van der Waals surface area contributed by atoms with E-state index in [4.69, 9.17) is 4.74 Å². The third-order valence-electron chi connectivity index (χ3n) is 4.25. The third-order valence-corrected chi connectivity index (χ3v) is 4.25. The molecule has 0 spiro atoms. The molecule has 6 nitrogen and oxygen atoms in total. The van der Waals surface area contributed by atoms with Crippen LogP contribution in [0.1, 0.15) is 39.0 Å². The highest BCUT2D eigenvalue weighted by atomic mass is 16.5. The summed E-state index contributed by atoms with van der Waals surface area (Å²) in [5, 5.41) is 15.0. The fourth-order valence-corrected chi connectivity index (χ4v) is 2.67. The number of amides is 2. The number of aliphatic carboxylic acids is 1. The van der Waals surface area contributed by atoms with Crippen LogP contribution in [0.3, 0.4) is 0 Å². The summed E-state index contributed by atoms with van der Waals surface area (Å²) in [7, 11) is 0. The molecule has 0 aromatic carbocycles. The van der Waals surface area contributed by atoms with Gasteiger partial charge >= 0.3 is 12.0 Å². The summed E-state index contributed by atoms with van der Waals surface area (Å²) in [5.41, 5.74) is -0.880. The van der Waals surface area contributed by atoms with E-state index in [0.29, 0.717) is 26.1 Å². The van der Waals surface area contributed by atoms with E-state index in [9.17, 15) is 14.7 Å². The van der Waals surface area contributed by atoms with Gasteiger partial charge in [-0.2, -0.15) is 0 Å². The molecule has 1 saturated carbocycles. The molecule has 0 bridgehead atoms. The number of hydrogen-bond acceptors (Lipinski definition) is 3. The van der Waals surface area contributed by atoms with Crippen molar-refractivity contribution in [1.29, 1.82) is 0 Å². The van der Waals surface area contributed by atoms with Crippen molar-refractivity contribution >= 4 is 12.0 Å². The number of carboxylic acid groups (broad SMARTS) is 1. The first-order chi connectivity index (χ1) is 9.52. The summed E-state index contributed by atoms with van der Waals surface area (Å²) in [6.07, 6.45) is 4.41. The molecule has 2 aliphatic rings. The van der Waals surface area contributed by atoms with Gasteiger partial charge in [0.05, 0.1) is 5.41 Å². The van der Waals surface area contributed by atoms with E-state index in [1.807, 2.05) is 6.92 Å². The summed E-state index contributed by atoms with van der Waals surface area (Å²) in [6.45, 7) is 3.02. The number of ether oxygens (including phenoxy) is 1. The Labute approximate surface area is 119 Å². The maximum Gasteiger partial charge on any atom is 0.315 e. The zero-order valence-corrected chi connectivity index (χ0v) is 12.0. The van der Waals surface area contributed by atoms with Gasteiger partial charge in [-0.25, -0.2) is 4.79 Å². The van der Waals surface area contributed by atoms with Crippen molar-refractivity contribution in [3.05, 3.63) is 0 Å². The molecular weight excluding hydrogens is 260 g/mol. The Morgan fingerprint density at radius 2 is 2.00 bits per heavy atom. The second-order valence-corrected chi connectivity index (χ2v) is 6.10. The predicted octanol–water partition coefficient (Wildman–Crippen LogP) is 1.36. The van der Waals surface area contributed by atoms with Crippen LogP contribution in [0.4, 0.5) is 4.79 Å². The van der Waals surface area contributed by atoms with E-state index in [2.05, 4.69) is 10.6 Å². The lowest BCUT2D eigenvalue weighted by atomic mass is 9.80. The molecule has 0 aromatic heterocycles. The van der Waals surface area contributed by atoms with Gasteiger partial charge in [0.1, 0.15) is 0 Å². The molecule has 1 saturated heterocycles. The summed E-state index contributed by atoms with van der Waals surface area (Å²) >= 11 is 0. The van der Waals surface area contributed by atoms with E-state index < -0.39 is 11.4 Å². The molecule has 1 aliphatic carbocycles. The number of carbonyl (C=O) groups is 2. The van der Waals surface area contributed by atoms with Crippen molar-refractivity contribution in [2.75, 3.05) is 19.8 Å². The lowest BCUT2D eigenvalue weighted by Crippen LogP contribution is -2.50. The van der Waals surface area contributed by atoms with Crippen molar-refractivity contribution in [1.82, 2.24) is 10.6 Å². The normalized spacial score (nSPS) is 22.9. The number of rotatable bonds is 6. The van der Waals surface area contributed by atoms with Crippen molar-refractivity contribution in [3.8, 4) is 0 Å². The van der Waals surface area contributed by atoms with Crippen LogP contribution in [0, 0.1) is 11.3 Å². The standard InChI is InChI=1S/C14H24N2O4/c1-10(8-11-2-3-11)16-13(19)15-9-14(12(17)18)4-6-20-7-5-14/h10-11H,2-9H2,1H3,(H,17,18)(H2,15,16,19). The average molecular weight is 284 g/mol. The zero-order chi connectivity index (χ0) is 14.6. The van der Waals surface area contributed by atoms with Crippen LogP contribution < -0.4 is 10.6 Å². The molecule has 114 valence electrons. The van der Waals surface area contributed by atoms with E-state index in [0.717, 1.165) is 12.3 Å². The summed E-state index contributed by atoms with van der Waals surface area (Å²) < 4.78 is 5.21. The number of carboxylic acids is 1. The van der Waals surface area contributed by atoms with Crippen molar-refractivity contribution < 1.29 is 19.4 Å². The van der Waals surface area contributed by atoms with Crippen molar-refractivity contribution in [2.45, 2.75) is 45.1 Å². The molecule has 1 unspecified atom stereocenters. The van der Waals surface area contributed by atoms with Crippen LogP contribution in [-0.2, 0) is 9.53 Å². The van der Waals surface area contributed by atoms with Gasteiger partial charge in [0.2, 0.25) is 0 Å². The molecule has 0 aromatic rings. The highest BCUT2D eigenvalue weighted by molar-refractivity contribution is 5.78. The molecule has 1 heterocycles. The van der Waals surface area contributed by atoms with Crippen LogP contribution in [0.2, 0.25) is 0 Å². The maximum atomic E-state index is 11.8. The highest BCUT2D eigenvalue weighted by Gasteiger charge is 2.40. The Hall–Kier alpha value is -1.30. The molecule has 1 aliphatic heterocycles. The van der Waals surface area contributed by atoms with Gasteiger partial charge < -0.3 is 20.5 Å². The average Bonchev–Trinajstić information content (AvgIpc) is 3.21. The minimum Gasteiger partial charge on any atom is -0.481 e. The van der Waals surface area contributed by atoms with Crippen molar-refractivity contribution in [2.24, 2.45) is 11.3 Å². The first-order valence-corrected chi connectivity index (χ1v) is 7.37. The van der Waals surface area contributed by atoms with Crippen LogP contribution in [0.5, 0.6) is 0 Å². The Morgan fingerprint density at radius 3 is 2.55 bits per heavy atom. The van der Waals surface area contributed by atoms with Crippen LogP contribution in [0.25, 0.3) is 0 Å². The smallest absolute Gasteiger partial charge is 0.315 e. The van der Waals surface area contributed by atoms with Gasteiger partial charge in [-0.05, 0) is 32.1 Å². The van der Waals surface area contributed by atoms with Crippen LogP contribution in [0.15, 0.2) is 0 Å². The van der Waals surface area contributed by atoms with Gasteiger partial charge in [0, 0.05) is 25.8 Å². The van der Waals surface area contributed by atoms with Crippen LogP contribution >= 0.6 is 0 Å². The van der Waals surface area contributed by atoms with Gasteiger partial charge in [-0.15, -0.1) is 0 Å². The fourth-order valence-electron chi connectivity index (χ4n) is 2.67. The molecule has 3 N–H and O–H groups in total. The molecular formula is C14H24N2O4. The third kappa shape index (κ3) is 4.10. The molecule has 2 rings (SSSR count). The Morgan fingerprint density at radius 1 is 1.35 bits per heavy atom. The molecule has 2 fully saturated rings.